The maximum atomic E-state index is 5.40. The average Bonchev–Trinajstić information content (AvgIpc) is 2.54. The Morgan fingerprint density at radius 2 is 1.73 bits per heavy atom. The van der Waals surface area contributed by atoms with Gasteiger partial charge in [-0.15, -0.1) is 0 Å². The van der Waals surface area contributed by atoms with Crippen LogP contribution in [0.4, 0.5) is 0 Å². The van der Waals surface area contributed by atoms with Crippen LogP contribution in [-0.4, -0.2) is 18.2 Å². The van der Waals surface area contributed by atoms with Crippen LogP contribution >= 0.6 is 0 Å². The summed E-state index contributed by atoms with van der Waals surface area (Å²) in [7, 11) is 0. The first kappa shape index (κ1) is 15.5. The number of hydrogen-bond donors (Lipinski definition) is 0. The lowest BCUT2D eigenvalue weighted by Gasteiger charge is -2.08. The summed E-state index contributed by atoms with van der Waals surface area (Å²) in [5.41, 5.74) is 2.47. The number of para-hydroxylation sites is 1. The van der Waals surface area contributed by atoms with E-state index in [4.69, 9.17) is 14.2 Å². The molecule has 0 spiro atoms. The van der Waals surface area contributed by atoms with Crippen molar-refractivity contribution in [2.75, 3.05) is 13.2 Å². The van der Waals surface area contributed by atoms with Crippen molar-refractivity contribution in [1.29, 1.82) is 0 Å². The van der Waals surface area contributed by atoms with Crippen LogP contribution in [0.3, 0.4) is 0 Å². The maximum absolute atomic E-state index is 5.40. The minimum Gasteiger partial charge on any atom is -0.447 e. The van der Waals surface area contributed by atoms with Crippen LogP contribution in [0.25, 0.3) is 10.9 Å². The van der Waals surface area contributed by atoms with E-state index < -0.39 is 0 Å². The molecule has 2 rings (SSSR count). The van der Waals surface area contributed by atoms with Gasteiger partial charge in [0.05, 0.1) is 24.3 Å². The predicted molar refractivity (Wildman–Crippen MR) is 85.0 cm³/mol. The number of nitrogens with zero attached hydrogens (tertiary/aromatic N) is 1. The van der Waals surface area contributed by atoms with Gasteiger partial charge in [0.2, 0.25) is 5.88 Å². The Hall–Kier alpha value is -2.85. The molecule has 1 aromatic heterocycles. The standard InChI is InChI=1S/C18H17NO3/c1-4-20-11-10-16-14(3)15-8-6-7-9-17(15)19-18(16)22-13-12-21-5-2/h6-9H,4-5H2,1-3H3. The van der Waals surface area contributed by atoms with Crippen molar-refractivity contribution >= 4 is 10.9 Å². The highest BCUT2D eigenvalue weighted by atomic mass is 16.5. The van der Waals surface area contributed by atoms with Crippen molar-refractivity contribution < 1.29 is 14.2 Å². The van der Waals surface area contributed by atoms with E-state index in [-0.39, 0.29) is 0 Å². The SMILES string of the molecule is CCOC#COc1nc2ccccc2c(C)c1C#COCC. The molecule has 2 aromatic rings. The molecule has 112 valence electrons. The third kappa shape index (κ3) is 3.62. The van der Waals surface area contributed by atoms with Gasteiger partial charge in [-0.3, -0.25) is 0 Å². The lowest BCUT2D eigenvalue weighted by Crippen LogP contribution is -1.97. The summed E-state index contributed by atoms with van der Waals surface area (Å²) in [6.45, 7) is 6.73. The molecule has 0 aliphatic carbocycles. The van der Waals surface area contributed by atoms with Crippen LogP contribution in [0.15, 0.2) is 24.3 Å². The fourth-order valence-electron chi connectivity index (χ4n) is 1.90. The summed E-state index contributed by atoms with van der Waals surface area (Å²) in [4.78, 5) is 4.47. The molecule has 0 radical (unpaired) electrons. The van der Waals surface area contributed by atoms with Gasteiger partial charge in [0.15, 0.2) is 12.2 Å². The van der Waals surface area contributed by atoms with Crippen molar-refractivity contribution in [2.45, 2.75) is 20.8 Å². The minimum absolute atomic E-state index is 0.357. The zero-order valence-corrected chi connectivity index (χ0v) is 12.9. The molecule has 1 heterocycles. The predicted octanol–water partition coefficient (Wildman–Crippen LogP) is 3.22. The smallest absolute Gasteiger partial charge is 0.247 e. The van der Waals surface area contributed by atoms with Gasteiger partial charge >= 0.3 is 0 Å². The largest absolute Gasteiger partial charge is 0.447 e. The molecule has 22 heavy (non-hydrogen) atoms. The molecule has 0 aliphatic heterocycles. The van der Waals surface area contributed by atoms with Crippen LogP contribution in [0, 0.1) is 31.2 Å². The molecular weight excluding hydrogens is 278 g/mol. The normalized spacial score (nSPS) is 9.23. The molecule has 0 saturated heterocycles. The zero-order chi connectivity index (χ0) is 15.8. The Labute approximate surface area is 130 Å². The van der Waals surface area contributed by atoms with Crippen molar-refractivity contribution in [3.05, 3.63) is 35.4 Å². The molecule has 0 amide bonds. The minimum atomic E-state index is 0.357. The lowest BCUT2D eigenvalue weighted by atomic mass is 10.1. The molecule has 4 heteroatoms. The first-order chi connectivity index (χ1) is 10.8. The molecule has 0 bridgehead atoms. The Balaban J connectivity index is 2.49. The van der Waals surface area contributed by atoms with Gasteiger partial charge in [-0.25, -0.2) is 4.98 Å². The Bertz CT molecular complexity index is 776. The average molecular weight is 295 g/mol. The van der Waals surface area contributed by atoms with E-state index in [1.165, 1.54) is 0 Å². The third-order valence-corrected chi connectivity index (χ3v) is 2.92. The molecule has 0 saturated carbocycles. The number of rotatable bonds is 3. The first-order valence-corrected chi connectivity index (χ1v) is 7.08. The summed E-state index contributed by atoms with van der Waals surface area (Å²) >= 11 is 0. The fraction of sp³-hybridized carbons (Fsp3) is 0.278. The van der Waals surface area contributed by atoms with Crippen LogP contribution in [-0.2, 0) is 9.47 Å². The Morgan fingerprint density at radius 1 is 1.00 bits per heavy atom. The third-order valence-electron chi connectivity index (χ3n) is 2.92. The van der Waals surface area contributed by atoms with Gasteiger partial charge in [-0.2, -0.15) is 0 Å². The van der Waals surface area contributed by atoms with Crippen LogP contribution < -0.4 is 4.74 Å². The number of fused-ring (bicyclic) bond motifs is 1. The fourth-order valence-corrected chi connectivity index (χ4v) is 1.90. The van der Waals surface area contributed by atoms with Gasteiger partial charge in [0, 0.05) is 5.39 Å². The second kappa shape index (κ2) is 7.81. The van der Waals surface area contributed by atoms with Gasteiger partial charge in [-0.05, 0) is 38.3 Å². The molecule has 0 unspecified atom stereocenters. The maximum Gasteiger partial charge on any atom is 0.247 e. The van der Waals surface area contributed by atoms with E-state index in [0.29, 0.717) is 24.7 Å². The van der Waals surface area contributed by atoms with Gasteiger partial charge in [-0.1, -0.05) is 18.2 Å². The van der Waals surface area contributed by atoms with E-state index in [1.54, 1.807) is 0 Å². The number of pyridine rings is 1. The summed E-state index contributed by atoms with van der Waals surface area (Å²) in [6, 6.07) is 7.81. The number of aryl methyl sites for hydroxylation is 1. The quantitative estimate of drug-likeness (QED) is 0.815. The molecular formula is C18H17NO3. The van der Waals surface area contributed by atoms with Gasteiger partial charge in [0.1, 0.15) is 6.11 Å². The molecule has 4 nitrogen and oxygen atoms in total. The summed E-state index contributed by atoms with van der Waals surface area (Å²) in [5, 5.41) is 1.02. The van der Waals surface area contributed by atoms with E-state index in [9.17, 15) is 0 Å². The number of aromatic nitrogens is 1. The van der Waals surface area contributed by atoms with Crippen molar-refractivity contribution in [2.24, 2.45) is 0 Å². The molecule has 0 fully saturated rings. The van der Waals surface area contributed by atoms with Gasteiger partial charge < -0.3 is 14.2 Å². The Kier molecular flexibility index (Phi) is 5.51. The van der Waals surface area contributed by atoms with Crippen molar-refractivity contribution in [3.8, 4) is 30.1 Å². The summed E-state index contributed by atoms with van der Waals surface area (Å²) < 4.78 is 15.4. The monoisotopic (exact) mass is 295 g/mol. The van der Waals surface area contributed by atoms with E-state index in [2.05, 4.69) is 29.2 Å². The van der Waals surface area contributed by atoms with Crippen molar-refractivity contribution in [3.63, 3.8) is 0 Å². The van der Waals surface area contributed by atoms with Crippen LogP contribution in [0.2, 0.25) is 0 Å². The van der Waals surface area contributed by atoms with E-state index >= 15 is 0 Å². The van der Waals surface area contributed by atoms with E-state index in [1.807, 2.05) is 45.0 Å². The molecule has 0 aliphatic rings. The van der Waals surface area contributed by atoms with Gasteiger partial charge in [0.25, 0.3) is 0 Å². The molecule has 0 atom stereocenters. The Morgan fingerprint density at radius 3 is 2.50 bits per heavy atom. The number of ether oxygens (including phenoxy) is 3. The second-order valence-electron chi connectivity index (χ2n) is 4.33. The topological polar surface area (TPSA) is 40.6 Å². The molecule has 1 aromatic carbocycles. The first-order valence-electron chi connectivity index (χ1n) is 7.08. The van der Waals surface area contributed by atoms with Crippen molar-refractivity contribution in [1.82, 2.24) is 4.98 Å². The zero-order valence-electron chi connectivity index (χ0n) is 12.9. The molecule has 0 N–H and O–H groups in total. The summed E-state index contributed by atoms with van der Waals surface area (Å²) in [5.74, 6) is 3.30. The number of hydrogen-bond acceptors (Lipinski definition) is 4. The highest BCUT2D eigenvalue weighted by Gasteiger charge is 2.11. The van der Waals surface area contributed by atoms with Crippen LogP contribution in [0.1, 0.15) is 25.0 Å². The van der Waals surface area contributed by atoms with E-state index in [0.717, 1.165) is 16.5 Å². The van der Waals surface area contributed by atoms with Crippen LogP contribution in [0.5, 0.6) is 5.88 Å². The summed E-state index contributed by atoms with van der Waals surface area (Å²) in [6.07, 6.45) is 7.59. The second-order valence-corrected chi connectivity index (χ2v) is 4.33. The highest BCUT2D eigenvalue weighted by Crippen LogP contribution is 2.26. The lowest BCUT2D eigenvalue weighted by molar-refractivity contribution is 0.294. The highest BCUT2D eigenvalue weighted by molar-refractivity contribution is 5.85. The number of benzene rings is 1.